The Morgan fingerprint density at radius 2 is 2.35 bits per heavy atom. The predicted octanol–water partition coefficient (Wildman–Crippen LogP) is 3.29. The molecule has 2 heterocycles. The van der Waals surface area contributed by atoms with Crippen LogP contribution in [0.25, 0.3) is 0 Å². The lowest BCUT2D eigenvalue weighted by molar-refractivity contribution is 0.157. The van der Waals surface area contributed by atoms with E-state index in [0.29, 0.717) is 18.7 Å². The average molecular weight is 317 g/mol. The van der Waals surface area contributed by atoms with Gasteiger partial charge in [0.25, 0.3) is 0 Å². The Bertz CT molecular complexity index is 399. The summed E-state index contributed by atoms with van der Waals surface area (Å²) < 4.78 is 0.859. The molecular formula is C15H25ClN2OS. The standard InChI is InChI=1S/C15H25ClN2OS/c1-12(14-6-7-15(16)20-14)17-8-2-3-9-18-10-4-5-13(18)11-19/h6-7,12-13,17,19H,2-5,8-11H2,1H3. The van der Waals surface area contributed by atoms with Gasteiger partial charge in [-0.2, -0.15) is 0 Å². The van der Waals surface area contributed by atoms with Crippen LogP contribution >= 0.6 is 22.9 Å². The van der Waals surface area contributed by atoms with E-state index >= 15 is 0 Å². The number of aliphatic hydroxyl groups excluding tert-OH is 1. The smallest absolute Gasteiger partial charge is 0.0931 e. The van der Waals surface area contributed by atoms with Crippen molar-refractivity contribution in [3.63, 3.8) is 0 Å². The maximum absolute atomic E-state index is 9.28. The summed E-state index contributed by atoms with van der Waals surface area (Å²) in [5.41, 5.74) is 0. The molecular weight excluding hydrogens is 292 g/mol. The first-order valence-electron chi connectivity index (χ1n) is 7.54. The normalized spacial score (nSPS) is 21.4. The molecule has 2 atom stereocenters. The van der Waals surface area contributed by atoms with Gasteiger partial charge < -0.3 is 10.4 Å². The van der Waals surface area contributed by atoms with Crippen LogP contribution in [0, 0.1) is 0 Å². The van der Waals surface area contributed by atoms with Crippen LogP contribution in [-0.4, -0.2) is 42.3 Å². The third-order valence-electron chi connectivity index (χ3n) is 4.05. The molecule has 20 heavy (non-hydrogen) atoms. The van der Waals surface area contributed by atoms with E-state index in [-0.39, 0.29) is 0 Å². The van der Waals surface area contributed by atoms with Crippen molar-refractivity contribution in [2.24, 2.45) is 0 Å². The first-order chi connectivity index (χ1) is 9.70. The molecule has 3 nitrogen and oxygen atoms in total. The average Bonchev–Trinajstić information content (AvgIpc) is 3.06. The molecule has 114 valence electrons. The highest BCUT2D eigenvalue weighted by Crippen LogP contribution is 2.26. The minimum absolute atomic E-state index is 0.314. The molecule has 1 fully saturated rings. The van der Waals surface area contributed by atoms with E-state index < -0.39 is 0 Å². The maximum Gasteiger partial charge on any atom is 0.0931 e. The van der Waals surface area contributed by atoms with Crippen molar-refractivity contribution in [2.45, 2.75) is 44.7 Å². The molecule has 0 bridgehead atoms. The SMILES string of the molecule is CC(NCCCCN1CCCC1CO)c1ccc(Cl)s1. The Labute approximate surface area is 130 Å². The number of thiophene rings is 1. The van der Waals surface area contributed by atoms with Gasteiger partial charge in [-0.05, 0) is 64.4 Å². The molecule has 0 radical (unpaired) electrons. The van der Waals surface area contributed by atoms with Crippen LogP contribution < -0.4 is 5.32 Å². The van der Waals surface area contributed by atoms with Gasteiger partial charge in [0.1, 0.15) is 0 Å². The van der Waals surface area contributed by atoms with Crippen LogP contribution in [0.1, 0.15) is 43.5 Å². The summed E-state index contributed by atoms with van der Waals surface area (Å²) in [6.07, 6.45) is 4.77. The van der Waals surface area contributed by atoms with Crippen molar-refractivity contribution in [1.82, 2.24) is 10.2 Å². The Balaban J connectivity index is 1.57. The van der Waals surface area contributed by atoms with Gasteiger partial charge in [-0.1, -0.05) is 11.6 Å². The lowest BCUT2D eigenvalue weighted by Gasteiger charge is -2.22. The highest BCUT2D eigenvalue weighted by Gasteiger charge is 2.22. The second kappa shape index (κ2) is 8.35. The second-order valence-electron chi connectivity index (χ2n) is 5.54. The molecule has 0 amide bonds. The fourth-order valence-electron chi connectivity index (χ4n) is 2.82. The Hall–Kier alpha value is -0.130. The van der Waals surface area contributed by atoms with Gasteiger partial charge in [0.05, 0.1) is 10.9 Å². The molecule has 1 saturated heterocycles. The molecule has 0 aliphatic carbocycles. The van der Waals surface area contributed by atoms with Crippen LogP contribution in [0.2, 0.25) is 4.34 Å². The van der Waals surface area contributed by atoms with Crippen LogP contribution in [0.3, 0.4) is 0 Å². The largest absolute Gasteiger partial charge is 0.395 e. The molecule has 2 N–H and O–H groups in total. The molecule has 1 aliphatic heterocycles. The molecule has 0 spiro atoms. The number of unbranched alkanes of at least 4 members (excludes halogenated alkanes) is 1. The molecule has 2 rings (SSSR count). The molecule has 0 saturated carbocycles. The van der Waals surface area contributed by atoms with Crippen LogP contribution in [0.4, 0.5) is 0 Å². The van der Waals surface area contributed by atoms with Gasteiger partial charge in [0.2, 0.25) is 0 Å². The first kappa shape index (κ1) is 16.2. The molecule has 1 aromatic rings. The minimum Gasteiger partial charge on any atom is -0.395 e. The highest BCUT2D eigenvalue weighted by molar-refractivity contribution is 7.16. The van der Waals surface area contributed by atoms with Crippen LogP contribution in [-0.2, 0) is 0 Å². The summed E-state index contributed by atoms with van der Waals surface area (Å²) in [6, 6.07) is 4.85. The Morgan fingerprint density at radius 3 is 3.05 bits per heavy atom. The third kappa shape index (κ3) is 4.71. The highest BCUT2D eigenvalue weighted by atomic mass is 35.5. The molecule has 1 aliphatic rings. The number of hydrogen-bond acceptors (Lipinski definition) is 4. The topological polar surface area (TPSA) is 35.5 Å². The van der Waals surface area contributed by atoms with Gasteiger partial charge in [0.15, 0.2) is 0 Å². The van der Waals surface area contributed by atoms with E-state index in [0.717, 1.165) is 30.4 Å². The first-order valence-corrected chi connectivity index (χ1v) is 8.73. The number of aliphatic hydroxyl groups is 1. The zero-order valence-corrected chi connectivity index (χ0v) is 13.7. The number of rotatable bonds is 8. The summed E-state index contributed by atoms with van der Waals surface area (Å²) >= 11 is 7.60. The summed E-state index contributed by atoms with van der Waals surface area (Å²) in [7, 11) is 0. The Kier molecular flexibility index (Phi) is 6.78. The van der Waals surface area contributed by atoms with Crippen molar-refractivity contribution in [1.29, 1.82) is 0 Å². The summed E-state index contributed by atoms with van der Waals surface area (Å²) in [5, 5.41) is 12.8. The number of hydrogen-bond donors (Lipinski definition) is 2. The fourth-order valence-corrected chi connectivity index (χ4v) is 3.90. The van der Waals surface area contributed by atoms with Gasteiger partial charge in [-0.25, -0.2) is 0 Å². The summed E-state index contributed by atoms with van der Waals surface area (Å²) in [6.45, 7) is 5.81. The summed E-state index contributed by atoms with van der Waals surface area (Å²) in [5.74, 6) is 0. The quantitative estimate of drug-likeness (QED) is 0.722. The lowest BCUT2D eigenvalue weighted by atomic mass is 10.2. The van der Waals surface area contributed by atoms with Gasteiger partial charge >= 0.3 is 0 Å². The van der Waals surface area contributed by atoms with Gasteiger partial charge in [-0.15, -0.1) is 11.3 Å². The van der Waals surface area contributed by atoms with E-state index in [1.165, 1.54) is 24.1 Å². The number of halogens is 1. The number of nitrogens with zero attached hydrogens (tertiary/aromatic N) is 1. The molecule has 2 unspecified atom stereocenters. The fraction of sp³-hybridized carbons (Fsp3) is 0.733. The van der Waals surface area contributed by atoms with E-state index in [1.807, 2.05) is 6.07 Å². The van der Waals surface area contributed by atoms with Gasteiger partial charge in [0, 0.05) is 17.0 Å². The van der Waals surface area contributed by atoms with E-state index in [9.17, 15) is 5.11 Å². The van der Waals surface area contributed by atoms with Crippen LogP contribution in [0.15, 0.2) is 12.1 Å². The molecule has 0 aromatic carbocycles. The third-order valence-corrected chi connectivity index (χ3v) is 5.47. The lowest BCUT2D eigenvalue weighted by Crippen LogP contribution is -2.33. The Morgan fingerprint density at radius 1 is 1.50 bits per heavy atom. The second-order valence-corrected chi connectivity index (χ2v) is 7.29. The predicted molar refractivity (Wildman–Crippen MR) is 86.7 cm³/mol. The zero-order chi connectivity index (χ0) is 14.4. The van der Waals surface area contributed by atoms with Crippen molar-refractivity contribution in [3.8, 4) is 0 Å². The van der Waals surface area contributed by atoms with Crippen molar-refractivity contribution >= 4 is 22.9 Å². The van der Waals surface area contributed by atoms with E-state index in [2.05, 4.69) is 23.2 Å². The number of likely N-dealkylation sites (tertiary alicyclic amines) is 1. The van der Waals surface area contributed by atoms with Crippen molar-refractivity contribution in [2.75, 3.05) is 26.2 Å². The van der Waals surface area contributed by atoms with Crippen molar-refractivity contribution in [3.05, 3.63) is 21.3 Å². The van der Waals surface area contributed by atoms with Crippen molar-refractivity contribution < 1.29 is 5.11 Å². The minimum atomic E-state index is 0.314. The van der Waals surface area contributed by atoms with E-state index in [4.69, 9.17) is 11.6 Å². The zero-order valence-electron chi connectivity index (χ0n) is 12.1. The molecule has 5 heteroatoms. The number of nitrogens with one attached hydrogen (secondary N) is 1. The van der Waals surface area contributed by atoms with Crippen LogP contribution in [0.5, 0.6) is 0 Å². The van der Waals surface area contributed by atoms with E-state index in [1.54, 1.807) is 11.3 Å². The summed E-state index contributed by atoms with van der Waals surface area (Å²) in [4.78, 5) is 3.73. The monoisotopic (exact) mass is 316 g/mol. The van der Waals surface area contributed by atoms with Gasteiger partial charge in [-0.3, -0.25) is 4.90 Å². The molecule has 1 aromatic heterocycles. The maximum atomic E-state index is 9.28.